The normalized spacial score (nSPS) is 9.73. The molecule has 15 heavy (non-hydrogen) atoms. The van der Waals surface area contributed by atoms with Gasteiger partial charge in [0.15, 0.2) is 5.75 Å². The lowest BCUT2D eigenvalue weighted by Gasteiger charge is -2.09. The van der Waals surface area contributed by atoms with Crippen molar-refractivity contribution in [3.05, 3.63) is 28.3 Å². The number of hydrogen-bond donors (Lipinski definition) is 1. The SMILES string of the molecule is CCOc1c(Cl)cc(C=O)cc1C(=O)O. The molecule has 0 unspecified atom stereocenters. The molecule has 0 aliphatic heterocycles. The molecule has 80 valence electrons. The number of carbonyl (C=O) groups is 2. The van der Waals surface area contributed by atoms with Crippen LogP contribution in [-0.4, -0.2) is 24.0 Å². The van der Waals surface area contributed by atoms with Crippen molar-refractivity contribution >= 4 is 23.9 Å². The van der Waals surface area contributed by atoms with Gasteiger partial charge >= 0.3 is 5.97 Å². The van der Waals surface area contributed by atoms with Crippen LogP contribution in [0.15, 0.2) is 12.1 Å². The molecule has 1 aromatic carbocycles. The molecule has 4 nitrogen and oxygen atoms in total. The van der Waals surface area contributed by atoms with Gasteiger partial charge in [0.1, 0.15) is 11.8 Å². The van der Waals surface area contributed by atoms with Gasteiger partial charge < -0.3 is 9.84 Å². The van der Waals surface area contributed by atoms with E-state index in [1.807, 2.05) is 0 Å². The number of rotatable bonds is 4. The quantitative estimate of drug-likeness (QED) is 0.803. The van der Waals surface area contributed by atoms with Gasteiger partial charge in [-0.1, -0.05) is 11.6 Å². The molecule has 0 radical (unpaired) electrons. The second-order valence-electron chi connectivity index (χ2n) is 2.74. The van der Waals surface area contributed by atoms with Gasteiger partial charge in [-0.3, -0.25) is 4.79 Å². The Morgan fingerprint density at radius 1 is 1.60 bits per heavy atom. The highest BCUT2D eigenvalue weighted by Gasteiger charge is 2.16. The maximum atomic E-state index is 10.9. The van der Waals surface area contributed by atoms with Crippen LogP contribution in [0, 0.1) is 0 Å². The van der Waals surface area contributed by atoms with Gasteiger partial charge in [0.25, 0.3) is 0 Å². The highest BCUT2D eigenvalue weighted by Crippen LogP contribution is 2.30. The Labute approximate surface area is 91.4 Å². The Morgan fingerprint density at radius 3 is 2.73 bits per heavy atom. The summed E-state index contributed by atoms with van der Waals surface area (Å²) in [7, 11) is 0. The first kappa shape index (κ1) is 11.5. The van der Waals surface area contributed by atoms with Crippen LogP contribution in [0.5, 0.6) is 5.75 Å². The summed E-state index contributed by atoms with van der Waals surface area (Å²) in [5.41, 5.74) is 0.104. The maximum absolute atomic E-state index is 10.9. The first-order chi connectivity index (χ1) is 7.10. The lowest BCUT2D eigenvalue weighted by atomic mass is 10.1. The van der Waals surface area contributed by atoms with E-state index in [1.165, 1.54) is 12.1 Å². The fourth-order valence-electron chi connectivity index (χ4n) is 1.13. The van der Waals surface area contributed by atoms with Crippen molar-refractivity contribution < 1.29 is 19.4 Å². The number of carboxylic acids is 1. The summed E-state index contributed by atoms with van der Waals surface area (Å²) in [5, 5.41) is 9.01. The summed E-state index contributed by atoms with van der Waals surface area (Å²) in [6, 6.07) is 2.60. The van der Waals surface area contributed by atoms with E-state index in [1.54, 1.807) is 6.92 Å². The Bertz CT molecular complexity index is 401. The van der Waals surface area contributed by atoms with E-state index in [-0.39, 0.29) is 21.9 Å². The average molecular weight is 229 g/mol. The summed E-state index contributed by atoms with van der Waals surface area (Å²) < 4.78 is 5.10. The van der Waals surface area contributed by atoms with Crippen molar-refractivity contribution in [2.24, 2.45) is 0 Å². The van der Waals surface area contributed by atoms with E-state index in [4.69, 9.17) is 21.4 Å². The molecule has 0 atom stereocenters. The van der Waals surface area contributed by atoms with Gasteiger partial charge in [-0.05, 0) is 19.1 Å². The largest absolute Gasteiger partial charge is 0.491 e. The minimum absolute atomic E-state index is 0.0947. The Hall–Kier alpha value is -1.55. The van der Waals surface area contributed by atoms with Crippen molar-refractivity contribution in [3.63, 3.8) is 0 Å². The fraction of sp³-hybridized carbons (Fsp3) is 0.200. The average Bonchev–Trinajstić information content (AvgIpc) is 2.20. The van der Waals surface area contributed by atoms with E-state index < -0.39 is 5.97 Å². The summed E-state index contributed by atoms with van der Waals surface area (Å²) in [4.78, 5) is 21.4. The number of aromatic carboxylic acids is 1. The van der Waals surface area contributed by atoms with Gasteiger partial charge in [0.2, 0.25) is 0 Å². The zero-order valence-electron chi connectivity index (χ0n) is 7.99. The molecular formula is C10H9ClO4. The Morgan fingerprint density at radius 2 is 2.27 bits per heavy atom. The number of aldehydes is 1. The molecule has 0 saturated carbocycles. The molecule has 5 heteroatoms. The predicted octanol–water partition coefficient (Wildman–Crippen LogP) is 2.25. The lowest BCUT2D eigenvalue weighted by molar-refractivity contribution is 0.0692. The van der Waals surface area contributed by atoms with Gasteiger partial charge in [-0.25, -0.2) is 4.79 Å². The fourth-order valence-corrected chi connectivity index (χ4v) is 1.41. The van der Waals surface area contributed by atoms with Gasteiger partial charge in [0, 0.05) is 5.56 Å². The van der Waals surface area contributed by atoms with Crippen molar-refractivity contribution in [1.29, 1.82) is 0 Å². The van der Waals surface area contributed by atoms with Crippen LogP contribution in [0.25, 0.3) is 0 Å². The Balaban J connectivity index is 3.34. The lowest BCUT2D eigenvalue weighted by Crippen LogP contribution is -2.04. The molecular weight excluding hydrogens is 220 g/mol. The van der Waals surface area contributed by atoms with Crippen LogP contribution in [0.4, 0.5) is 0 Å². The second-order valence-corrected chi connectivity index (χ2v) is 3.14. The van der Waals surface area contributed by atoms with Gasteiger partial charge in [-0.15, -0.1) is 0 Å². The highest BCUT2D eigenvalue weighted by atomic mass is 35.5. The molecule has 0 bridgehead atoms. The number of hydrogen-bond acceptors (Lipinski definition) is 3. The third-order valence-corrected chi connectivity index (χ3v) is 2.00. The van der Waals surface area contributed by atoms with Crippen LogP contribution < -0.4 is 4.74 Å². The predicted molar refractivity (Wildman–Crippen MR) is 55.0 cm³/mol. The molecule has 0 spiro atoms. The van der Waals surface area contributed by atoms with Crippen molar-refractivity contribution in [2.45, 2.75) is 6.92 Å². The first-order valence-corrected chi connectivity index (χ1v) is 4.62. The molecule has 1 N–H and O–H groups in total. The third-order valence-electron chi connectivity index (χ3n) is 1.72. The van der Waals surface area contributed by atoms with Crippen LogP contribution in [0.1, 0.15) is 27.6 Å². The molecule has 0 heterocycles. The smallest absolute Gasteiger partial charge is 0.339 e. The standard InChI is InChI=1S/C10H9ClO4/c1-2-15-9-7(10(13)14)3-6(5-12)4-8(9)11/h3-5H,2H2,1H3,(H,13,14). The minimum atomic E-state index is -1.18. The molecule has 0 saturated heterocycles. The van der Waals surface area contributed by atoms with E-state index in [2.05, 4.69) is 0 Å². The molecule has 0 aliphatic carbocycles. The van der Waals surface area contributed by atoms with Crippen molar-refractivity contribution in [2.75, 3.05) is 6.61 Å². The molecule has 0 aliphatic rings. The van der Waals surface area contributed by atoms with E-state index in [9.17, 15) is 9.59 Å². The van der Waals surface area contributed by atoms with Crippen molar-refractivity contribution in [1.82, 2.24) is 0 Å². The molecule has 1 aromatic rings. The number of benzene rings is 1. The third kappa shape index (κ3) is 2.47. The molecule has 0 aromatic heterocycles. The minimum Gasteiger partial charge on any atom is -0.491 e. The van der Waals surface area contributed by atoms with Crippen molar-refractivity contribution in [3.8, 4) is 5.75 Å². The van der Waals surface area contributed by atoms with Crippen LogP contribution in [0.3, 0.4) is 0 Å². The van der Waals surface area contributed by atoms with Crippen LogP contribution in [0.2, 0.25) is 5.02 Å². The number of carbonyl (C=O) groups excluding carboxylic acids is 1. The van der Waals surface area contributed by atoms with E-state index >= 15 is 0 Å². The Kier molecular flexibility index (Phi) is 3.68. The molecule has 0 fully saturated rings. The topological polar surface area (TPSA) is 63.6 Å². The monoisotopic (exact) mass is 228 g/mol. The zero-order valence-corrected chi connectivity index (χ0v) is 8.75. The summed E-state index contributed by atoms with van der Waals surface area (Å²) in [6.45, 7) is 2.02. The van der Waals surface area contributed by atoms with Crippen LogP contribution in [-0.2, 0) is 0 Å². The van der Waals surface area contributed by atoms with Gasteiger partial charge in [0.05, 0.1) is 11.6 Å². The molecule has 0 amide bonds. The summed E-state index contributed by atoms with van der Waals surface area (Å²) in [6.07, 6.45) is 0.536. The van der Waals surface area contributed by atoms with E-state index in [0.717, 1.165) is 0 Å². The first-order valence-electron chi connectivity index (χ1n) is 4.25. The maximum Gasteiger partial charge on any atom is 0.339 e. The summed E-state index contributed by atoms with van der Waals surface area (Å²) >= 11 is 5.79. The summed E-state index contributed by atoms with van der Waals surface area (Å²) in [5.74, 6) is -1.08. The van der Waals surface area contributed by atoms with Crippen LogP contribution >= 0.6 is 11.6 Å². The zero-order chi connectivity index (χ0) is 11.4. The highest BCUT2D eigenvalue weighted by molar-refractivity contribution is 6.33. The molecule has 1 rings (SSSR count). The van der Waals surface area contributed by atoms with Gasteiger partial charge in [-0.2, -0.15) is 0 Å². The number of halogens is 1. The second kappa shape index (κ2) is 4.79. The van der Waals surface area contributed by atoms with E-state index in [0.29, 0.717) is 12.9 Å². The number of ether oxygens (including phenoxy) is 1. The number of carboxylic acid groups (broad SMARTS) is 1.